The fourth-order valence-electron chi connectivity index (χ4n) is 2.73. The molecule has 1 aliphatic heterocycles. The highest BCUT2D eigenvalue weighted by atomic mass is 15.2. The van der Waals surface area contributed by atoms with Crippen molar-refractivity contribution in [3.05, 3.63) is 0 Å². The van der Waals surface area contributed by atoms with Gasteiger partial charge in [-0.3, -0.25) is 0 Å². The molecule has 1 saturated heterocycles. The summed E-state index contributed by atoms with van der Waals surface area (Å²) < 4.78 is 0. The van der Waals surface area contributed by atoms with Crippen molar-refractivity contribution in [3.8, 4) is 0 Å². The van der Waals surface area contributed by atoms with E-state index in [0.29, 0.717) is 0 Å². The largest absolute Gasteiger partial charge is 0.300 e. The molecule has 1 nitrogen and oxygen atoms in total. The van der Waals surface area contributed by atoms with Gasteiger partial charge in [0.2, 0.25) is 0 Å². The number of rotatable bonds is 1. The molecule has 0 spiro atoms. The first kappa shape index (κ1) is 8.55. The highest BCUT2D eigenvalue weighted by molar-refractivity contribution is 4.77. The van der Waals surface area contributed by atoms with Gasteiger partial charge in [-0.25, -0.2) is 0 Å². The van der Waals surface area contributed by atoms with Crippen LogP contribution >= 0.6 is 0 Å². The van der Waals surface area contributed by atoms with E-state index in [2.05, 4.69) is 4.90 Å². The Hall–Kier alpha value is -0.0400. The summed E-state index contributed by atoms with van der Waals surface area (Å²) in [5.41, 5.74) is 0. The standard InChI is InChI=1S/C11H21N/c1-3-7-11(8-4-1)12-9-5-2-6-10-12/h11H,1-10H2. The number of likely N-dealkylation sites (tertiary alicyclic amines) is 1. The lowest BCUT2D eigenvalue weighted by molar-refractivity contribution is 0.131. The van der Waals surface area contributed by atoms with E-state index < -0.39 is 0 Å². The van der Waals surface area contributed by atoms with Crippen LogP contribution in [0.25, 0.3) is 0 Å². The van der Waals surface area contributed by atoms with Crippen LogP contribution in [0.1, 0.15) is 51.4 Å². The summed E-state index contributed by atoms with van der Waals surface area (Å²) in [4.78, 5) is 2.75. The van der Waals surface area contributed by atoms with E-state index >= 15 is 0 Å². The lowest BCUT2D eigenvalue weighted by Crippen LogP contribution is -2.40. The molecule has 0 aromatic carbocycles. The van der Waals surface area contributed by atoms with Crippen molar-refractivity contribution in [1.82, 2.24) is 4.90 Å². The molecule has 0 radical (unpaired) electrons. The molecule has 2 rings (SSSR count). The smallest absolute Gasteiger partial charge is 0.00952 e. The molecular weight excluding hydrogens is 146 g/mol. The Balaban J connectivity index is 1.80. The summed E-state index contributed by atoms with van der Waals surface area (Å²) in [6.45, 7) is 2.79. The van der Waals surface area contributed by atoms with Crippen LogP contribution in [-0.4, -0.2) is 24.0 Å². The minimum absolute atomic E-state index is 0.971. The Morgan fingerprint density at radius 2 is 1.25 bits per heavy atom. The van der Waals surface area contributed by atoms with Gasteiger partial charge in [-0.2, -0.15) is 0 Å². The summed E-state index contributed by atoms with van der Waals surface area (Å²) in [5, 5.41) is 0. The lowest BCUT2D eigenvalue weighted by Gasteiger charge is -2.36. The Labute approximate surface area is 76.1 Å². The quantitative estimate of drug-likeness (QED) is 0.580. The second-order valence-electron chi connectivity index (χ2n) is 4.39. The Morgan fingerprint density at radius 3 is 1.92 bits per heavy atom. The molecule has 0 atom stereocenters. The van der Waals surface area contributed by atoms with Crippen LogP contribution < -0.4 is 0 Å². The summed E-state index contributed by atoms with van der Waals surface area (Å²) in [7, 11) is 0. The molecule has 0 amide bonds. The van der Waals surface area contributed by atoms with Gasteiger partial charge < -0.3 is 4.90 Å². The molecule has 70 valence electrons. The summed E-state index contributed by atoms with van der Waals surface area (Å²) in [6.07, 6.45) is 11.8. The molecule has 1 heteroatoms. The third-order valence-corrected chi connectivity index (χ3v) is 3.48. The van der Waals surface area contributed by atoms with Crippen molar-refractivity contribution >= 4 is 0 Å². The maximum Gasteiger partial charge on any atom is 0.00952 e. The maximum absolute atomic E-state index is 2.75. The van der Waals surface area contributed by atoms with Crippen molar-refractivity contribution < 1.29 is 0 Å². The molecule has 1 saturated carbocycles. The number of hydrogen-bond acceptors (Lipinski definition) is 1. The summed E-state index contributed by atoms with van der Waals surface area (Å²) in [6, 6.07) is 0.971. The molecule has 0 N–H and O–H groups in total. The molecule has 2 fully saturated rings. The number of piperidine rings is 1. The van der Waals surface area contributed by atoms with Crippen LogP contribution in [-0.2, 0) is 0 Å². The molecular formula is C11H21N. The monoisotopic (exact) mass is 167 g/mol. The van der Waals surface area contributed by atoms with Crippen LogP contribution in [0.2, 0.25) is 0 Å². The lowest BCUT2D eigenvalue weighted by atomic mass is 9.93. The molecule has 0 bridgehead atoms. The average molecular weight is 167 g/mol. The SMILES string of the molecule is C1CCC(N2CCCCC2)CC1. The number of nitrogens with zero attached hydrogens (tertiary/aromatic N) is 1. The van der Waals surface area contributed by atoms with Gasteiger partial charge in [0, 0.05) is 6.04 Å². The molecule has 1 heterocycles. The van der Waals surface area contributed by atoms with Gasteiger partial charge in [-0.1, -0.05) is 25.7 Å². The topological polar surface area (TPSA) is 3.24 Å². The summed E-state index contributed by atoms with van der Waals surface area (Å²) in [5.74, 6) is 0. The van der Waals surface area contributed by atoms with Gasteiger partial charge in [0.25, 0.3) is 0 Å². The molecule has 0 aromatic rings. The molecule has 1 aliphatic carbocycles. The fourth-order valence-corrected chi connectivity index (χ4v) is 2.73. The third kappa shape index (κ3) is 2.01. The van der Waals surface area contributed by atoms with Crippen molar-refractivity contribution in [1.29, 1.82) is 0 Å². The minimum Gasteiger partial charge on any atom is -0.300 e. The van der Waals surface area contributed by atoms with Gasteiger partial charge in [0.15, 0.2) is 0 Å². The van der Waals surface area contributed by atoms with Crippen molar-refractivity contribution in [2.75, 3.05) is 13.1 Å². The van der Waals surface area contributed by atoms with Gasteiger partial charge >= 0.3 is 0 Å². The Bertz CT molecular complexity index is 105. The van der Waals surface area contributed by atoms with E-state index in [1.54, 1.807) is 0 Å². The van der Waals surface area contributed by atoms with E-state index in [-0.39, 0.29) is 0 Å². The minimum atomic E-state index is 0.971. The van der Waals surface area contributed by atoms with Gasteiger partial charge in [0.1, 0.15) is 0 Å². The summed E-state index contributed by atoms with van der Waals surface area (Å²) >= 11 is 0. The maximum atomic E-state index is 2.75. The first-order chi connectivity index (χ1) is 5.97. The molecule has 2 aliphatic rings. The zero-order valence-corrected chi connectivity index (χ0v) is 8.10. The van der Waals surface area contributed by atoms with Crippen molar-refractivity contribution in [3.63, 3.8) is 0 Å². The highest BCUT2D eigenvalue weighted by Crippen LogP contribution is 2.24. The van der Waals surface area contributed by atoms with Gasteiger partial charge in [-0.15, -0.1) is 0 Å². The van der Waals surface area contributed by atoms with E-state index in [1.807, 2.05) is 0 Å². The van der Waals surface area contributed by atoms with Crippen molar-refractivity contribution in [2.24, 2.45) is 0 Å². The Morgan fingerprint density at radius 1 is 0.667 bits per heavy atom. The first-order valence-electron chi connectivity index (χ1n) is 5.71. The molecule has 0 aromatic heterocycles. The molecule has 0 unspecified atom stereocenters. The predicted octanol–water partition coefficient (Wildman–Crippen LogP) is 2.81. The second-order valence-corrected chi connectivity index (χ2v) is 4.39. The van der Waals surface area contributed by atoms with Crippen LogP contribution in [0.4, 0.5) is 0 Å². The average Bonchev–Trinajstić information content (AvgIpc) is 2.21. The number of hydrogen-bond donors (Lipinski definition) is 0. The van der Waals surface area contributed by atoms with E-state index in [0.717, 1.165) is 6.04 Å². The zero-order chi connectivity index (χ0) is 8.23. The van der Waals surface area contributed by atoms with Gasteiger partial charge in [-0.05, 0) is 38.8 Å². The first-order valence-corrected chi connectivity index (χ1v) is 5.71. The predicted molar refractivity (Wildman–Crippen MR) is 52.3 cm³/mol. The third-order valence-electron chi connectivity index (χ3n) is 3.48. The van der Waals surface area contributed by atoms with E-state index in [1.165, 1.54) is 64.5 Å². The zero-order valence-electron chi connectivity index (χ0n) is 8.10. The second kappa shape index (κ2) is 4.27. The molecule has 12 heavy (non-hydrogen) atoms. The normalized spacial score (nSPS) is 29.0. The van der Waals surface area contributed by atoms with E-state index in [9.17, 15) is 0 Å². The van der Waals surface area contributed by atoms with Gasteiger partial charge in [0.05, 0.1) is 0 Å². The van der Waals surface area contributed by atoms with Crippen LogP contribution in [0.3, 0.4) is 0 Å². The fraction of sp³-hybridized carbons (Fsp3) is 1.00. The Kier molecular flexibility index (Phi) is 3.04. The van der Waals surface area contributed by atoms with Crippen LogP contribution in [0, 0.1) is 0 Å². The van der Waals surface area contributed by atoms with E-state index in [4.69, 9.17) is 0 Å². The highest BCUT2D eigenvalue weighted by Gasteiger charge is 2.21. The van der Waals surface area contributed by atoms with Crippen LogP contribution in [0.15, 0.2) is 0 Å². The van der Waals surface area contributed by atoms with Crippen molar-refractivity contribution in [2.45, 2.75) is 57.4 Å². The van der Waals surface area contributed by atoms with Crippen LogP contribution in [0.5, 0.6) is 0 Å².